The lowest BCUT2D eigenvalue weighted by molar-refractivity contribution is 0.0833. The second kappa shape index (κ2) is 7.89. The van der Waals surface area contributed by atoms with Crippen molar-refractivity contribution in [2.45, 2.75) is 45.3 Å². The number of hydrogen-bond donors (Lipinski definition) is 1. The van der Waals surface area contributed by atoms with Gasteiger partial charge in [0, 0.05) is 43.1 Å². The van der Waals surface area contributed by atoms with Crippen LogP contribution in [0.2, 0.25) is 5.02 Å². The number of nitrogens with one attached hydrogen (secondary N) is 1. The molecule has 7 nitrogen and oxygen atoms in total. The molecule has 5 rings (SSSR count). The zero-order valence-electron chi connectivity index (χ0n) is 16.8. The summed E-state index contributed by atoms with van der Waals surface area (Å²) in [6, 6.07) is 3.64. The first-order chi connectivity index (χ1) is 14.6. The lowest BCUT2D eigenvalue weighted by atomic mass is 9.93. The predicted molar refractivity (Wildman–Crippen MR) is 112 cm³/mol. The van der Waals surface area contributed by atoms with E-state index >= 15 is 0 Å². The Labute approximate surface area is 179 Å². The van der Waals surface area contributed by atoms with E-state index in [-0.39, 0.29) is 12.0 Å². The molecule has 1 fully saturated rings. The summed E-state index contributed by atoms with van der Waals surface area (Å²) in [6.07, 6.45) is 7.45. The van der Waals surface area contributed by atoms with Crippen LogP contribution in [0.5, 0.6) is 0 Å². The molecule has 3 aromatic heterocycles. The Hall–Kier alpha value is -2.64. The molecule has 3 aromatic rings. The maximum Gasteiger partial charge on any atom is 0.287 e. The van der Waals surface area contributed by atoms with Gasteiger partial charge in [-0.05, 0) is 43.9 Å². The number of amides is 1. The summed E-state index contributed by atoms with van der Waals surface area (Å²) in [5.41, 5.74) is 4.56. The molecule has 0 saturated carbocycles. The van der Waals surface area contributed by atoms with Crippen LogP contribution in [-0.2, 0) is 24.1 Å². The number of aryl methyl sites for hydroxylation is 2. The molecular formula is C22H23ClN4O3. The van der Waals surface area contributed by atoms with Gasteiger partial charge in [-0.3, -0.25) is 14.5 Å². The number of rotatable bonds is 5. The lowest BCUT2D eigenvalue weighted by Crippen LogP contribution is -2.31. The van der Waals surface area contributed by atoms with Crippen molar-refractivity contribution >= 4 is 17.5 Å². The minimum Gasteiger partial charge on any atom is -0.455 e. The summed E-state index contributed by atoms with van der Waals surface area (Å²) < 4.78 is 13.4. The number of halogens is 1. The Bertz CT molecular complexity index is 1100. The van der Waals surface area contributed by atoms with Gasteiger partial charge in [0.15, 0.2) is 5.76 Å². The minimum atomic E-state index is -0.196. The number of nitrogens with zero attached hydrogens (tertiary/aromatic N) is 3. The van der Waals surface area contributed by atoms with Crippen LogP contribution in [-0.4, -0.2) is 39.9 Å². The Balaban J connectivity index is 1.39. The highest BCUT2D eigenvalue weighted by molar-refractivity contribution is 6.31. The molecule has 1 N–H and O–H groups in total. The number of carbonyl (C=O) groups excluding carboxylic acids is 1. The van der Waals surface area contributed by atoms with Crippen molar-refractivity contribution < 1.29 is 13.9 Å². The van der Waals surface area contributed by atoms with Gasteiger partial charge in [0.25, 0.3) is 5.91 Å². The zero-order valence-corrected chi connectivity index (χ0v) is 17.5. The van der Waals surface area contributed by atoms with Gasteiger partial charge in [0.05, 0.1) is 29.1 Å². The van der Waals surface area contributed by atoms with E-state index in [1.165, 1.54) is 0 Å². The van der Waals surface area contributed by atoms with E-state index in [1.54, 1.807) is 6.20 Å². The van der Waals surface area contributed by atoms with Crippen LogP contribution in [0.3, 0.4) is 0 Å². The van der Waals surface area contributed by atoms with Gasteiger partial charge < -0.3 is 14.5 Å². The summed E-state index contributed by atoms with van der Waals surface area (Å²) in [5, 5.41) is 8.35. The van der Waals surface area contributed by atoms with Gasteiger partial charge in [-0.1, -0.05) is 11.6 Å². The first-order valence-electron chi connectivity index (χ1n) is 10.3. The highest BCUT2D eigenvalue weighted by Gasteiger charge is 2.30. The summed E-state index contributed by atoms with van der Waals surface area (Å²) in [4.78, 5) is 17.1. The molecule has 156 valence electrons. The molecule has 30 heavy (non-hydrogen) atoms. The molecule has 0 bridgehead atoms. The molecule has 2 aliphatic rings. The molecule has 0 radical (unpaired) electrons. The van der Waals surface area contributed by atoms with E-state index in [4.69, 9.17) is 25.9 Å². The van der Waals surface area contributed by atoms with Crippen molar-refractivity contribution in [2.75, 3.05) is 13.2 Å². The number of pyridine rings is 1. The first-order valence-corrected chi connectivity index (χ1v) is 10.7. The molecule has 0 spiro atoms. The average molecular weight is 427 g/mol. The Morgan fingerprint density at radius 2 is 2.30 bits per heavy atom. The van der Waals surface area contributed by atoms with Crippen molar-refractivity contribution in [2.24, 2.45) is 0 Å². The third-order valence-electron chi connectivity index (χ3n) is 5.78. The summed E-state index contributed by atoms with van der Waals surface area (Å²) >= 11 is 6.25. The van der Waals surface area contributed by atoms with Crippen molar-refractivity contribution in [3.63, 3.8) is 0 Å². The smallest absolute Gasteiger partial charge is 0.287 e. The highest BCUT2D eigenvalue weighted by atomic mass is 35.5. The number of hydrogen-bond acceptors (Lipinski definition) is 5. The van der Waals surface area contributed by atoms with Crippen LogP contribution < -0.4 is 5.32 Å². The van der Waals surface area contributed by atoms with Crippen molar-refractivity contribution in [3.8, 4) is 11.3 Å². The topological polar surface area (TPSA) is 82.2 Å². The Morgan fingerprint density at radius 3 is 3.10 bits per heavy atom. The molecule has 1 aliphatic heterocycles. The van der Waals surface area contributed by atoms with Gasteiger partial charge >= 0.3 is 0 Å². The Kier molecular flexibility index (Phi) is 5.08. The SMILES string of the molecule is Cc1c(C(=O)NC[C@@H]2CCCO2)oc2c1-c1nn(Cc3ncccc3Cl)cc1CC2. The van der Waals surface area contributed by atoms with Crippen LogP contribution in [0.1, 0.15) is 46.0 Å². The van der Waals surface area contributed by atoms with E-state index < -0.39 is 0 Å². The summed E-state index contributed by atoms with van der Waals surface area (Å²) in [7, 11) is 0. The van der Waals surface area contributed by atoms with E-state index in [0.717, 1.165) is 66.1 Å². The van der Waals surface area contributed by atoms with Crippen molar-refractivity contribution in [3.05, 3.63) is 57.9 Å². The molecule has 0 aromatic carbocycles. The Morgan fingerprint density at radius 1 is 1.40 bits per heavy atom. The predicted octanol–water partition coefficient (Wildman–Crippen LogP) is 3.56. The van der Waals surface area contributed by atoms with E-state index in [9.17, 15) is 4.79 Å². The number of aromatic nitrogens is 3. The molecule has 1 atom stereocenters. The molecule has 1 aliphatic carbocycles. The fourth-order valence-corrected chi connectivity index (χ4v) is 4.42. The van der Waals surface area contributed by atoms with Crippen LogP contribution >= 0.6 is 11.6 Å². The molecule has 1 amide bonds. The quantitative estimate of drug-likeness (QED) is 0.674. The zero-order chi connectivity index (χ0) is 20.7. The molecule has 4 heterocycles. The summed E-state index contributed by atoms with van der Waals surface area (Å²) in [5.74, 6) is 0.996. The number of carbonyl (C=O) groups is 1. The van der Waals surface area contributed by atoms with Gasteiger partial charge in [0.1, 0.15) is 5.76 Å². The number of ether oxygens (including phenoxy) is 1. The molecular weight excluding hydrogens is 404 g/mol. The second-order valence-corrected chi connectivity index (χ2v) is 8.24. The lowest BCUT2D eigenvalue weighted by Gasteiger charge is -2.10. The van der Waals surface area contributed by atoms with Gasteiger partial charge in [-0.2, -0.15) is 5.10 Å². The third kappa shape index (κ3) is 3.52. The van der Waals surface area contributed by atoms with Crippen LogP contribution in [0.15, 0.2) is 28.9 Å². The molecule has 8 heteroatoms. The minimum absolute atomic E-state index is 0.0968. The van der Waals surface area contributed by atoms with Crippen LogP contribution in [0.4, 0.5) is 0 Å². The average Bonchev–Trinajstić information content (AvgIpc) is 3.46. The fourth-order valence-electron chi connectivity index (χ4n) is 4.24. The molecule has 0 unspecified atom stereocenters. The standard InChI is InChI=1S/C22H23ClN4O3/c1-13-19-18(30-21(13)22(28)25-10-15-4-3-9-29-15)7-6-14-11-27(26-20(14)19)12-17-16(23)5-2-8-24-17/h2,5,8,11,15H,3-4,6-7,9-10,12H2,1H3,(H,25,28)/t15-/m0/s1. The maximum absolute atomic E-state index is 12.7. The summed E-state index contributed by atoms with van der Waals surface area (Å²) in [6.45, 7) is 3.69. The highest BCUT2D eigenvalue weighted by Crippen LogP contribution is 2.38. The largest absolute Gasteiger partial charge is 0.455 e. The monoisotopic (exact) mass is 426 g/mol. The van der Waals surface area contributed by atoms with E-state index in [0.29, 0.717) is 23.9 Å². The van der Waals surface area contributed by atoms with E-state index in [1.807, 2.05) is 29.9 Å². The van der Waals surface area contributed by atoms with Gasteiger partial charge in [-0.25, -0.2) is 0 Å². The number of furan rings is 1. The van der Waals surface area contributed by atoms with E-state index in [2.05, 4.69) is 10.3 Å². The second-order valence-electron chi connectivity index (χ2n) is 7.83. The normalized spacial score (nSPS) is 17.6. The fraction of sp³-hybridized carbons (Fsp3) is 0.409. The third-order valence-corrected chi connectivity index (χ3v) is 6.13. The van der Waals surface area contributed by atoms with Crippen LogP contribution in [0, 0.1) is 6.92 Å². The van der Waals surface area contributed by atoms with Crippen molar-refractivity contribution in [1.82, 2.24) is 20.1 Å². The molecule has 1 saturated heterocycles. The van der Waals surface area contributed by atoms with Gasteiger partial charge in [0.2, 0.25) is 0 Å². The maximum atomic E-state index is 12.7. The van der Waals surface area contributed by atoms with Crippen molar-refractivity contribution in [1.29, 1.82) is 0 Å². The first kappa shape index (κ1) is 19.3. The van der Waals surface area contributed by atoms with Crippen LogP contribution in [0.25, 0.3) is 11.3 Å². The number of fused-ring (bicyclic) bond motifs is 3. The van der Waals surface area contributed by atoms with Gasteiger partial charge in [-0.15, -0.1) is 0 Å².